The fraction of sp³-hybridized carbons (Fsp3) is 0.800. The summed E-state index contributed by atoms with van der Waals surface area (Å²) < 4.78 is 0. The molecule has 0 amide bonds. The van der Waals surface area contributed by atoms with Crippen molar-refractivity contribution in [3.8, 4) is 0 Å². The second kappa shape index (κ2) is 2.99. The van der Waals surface area contributed by atoms with Gasteiger partial charge in [0.2, 0.25) is 0 Å². The van der Waals surface area contributed by atoms with E-state index in [1.165, 1.54) is 6.42 Å². The highest BCUT2D eigenvalue weighted by atomic mass is 16.6. The van der Waals surface area contributed by atoms with E-state index in [0.717, 1.165) is 19.6 Å². The molecule has 1 aliphatic heterocycles. The Morgan fingerprint density at radius 1 is 1.57 bits per heavy atom. The van der Waals surface area contributed by atoms with Gasteiger partial charge in [0, 0.05) is 6.54 Å². The lowest BCUT2D eigenvalue weighted by atomic mass is 10.2. The molecule has 0 atom stereocenters. The first-order chi connectivity index (χ1) is 3.50. The fourth-order valence-corrected chi connectivity index (χ4v) is 0.592. The van der Waals surface area contributed by atoms with Crippen LogP contribution in [0.4, 0.5) is 0 Å². The van der Waals surface area contributed by atoms with E-state index in [1.54, 1.807) is 0 Å². The molecule has 1 saturated heterocycles. The smallest absolute Gasteiger partial charge is 0.0682 e. The van der Waals surface area contributed by atoms with Crippen LogP contribution in [-0.2, 0) is 4.84 Å². The van der Waals surface area contributed by atoms with E-state index in [9.17, 15) is 0 Å². The molecule has 1 N–H and O–H groups in total. The van der Waals surface area contributed by atoms with Crippen LogP contribution in [0.5, 0.6) is 0 Å². The first kappa shape index (κ1) is 5.06. The summed E-state index contributed by atoms with van der Waals surface area (Å²) in [6.45, 7) is 1.76. The molecule has 0 aromatic rings. The maximum atomic E-state index is 4.91. The molecule has 1 rings (SSSR count). The summed E-state index contributed by atoms with van der Waals surface area (Å²) in [5.74, 6) is 0. The van der Waals surface area contributed by atoms with Crippen LogP contribution < -0.4 is 5.48 Å². The molecule has 1 aliphatic rings. The molecule has 0 unspecified atom stereocenters. The molecule has 0 aromatic heterocycles. The Morgan fingerprint density at radius 2 is 2.57 bits per heavy atom. The van der Waals surface area contributed by atoms with Gasteiger partial charge in [-0.15, -0.1) is 0 Å². The number of hydrogen-bond acceptors (Lipinski definition) is 2. The number of nitrogens with one attached hydrogen (secondary N) is 1. The van der Waals surface area contributed by atoms with Crippen molar-refractivity contribution in [2.45, 2.75) is 12.8 Å². The summed E-state index contributed by atoms with van der Waals surface area (Å²) in [5, 5.41) is 0. The molecule has 0 bridgehead atoms. The molecule has 1 fully saturated rings. The molecule has 0 spiro atoms. The average Bonchev–Trinajstić information content (AvgIpc) is 1.90. The largest absolute Gasteiger partial charge is 0.302 e. The molecule has 2 nitrogen and oxygen atoms in total. The van der Waals surface area contributed by atoms with Gasteiger partial charge in [-0.1, -0.05) is 0 Å². The van der Waals surface area contributed by atoms with Crippen LogP contribution in [0.2, 0.25) is 0 Å². The predicted octanol–water partition coefficient (Wildman–Crippen LogP) is 0.506. The number of hydroxylamine groups is 1. The maximum Gasteiger partial charge on any atom is 0.0682 e. The van der Waals surface area contributed by atoms with Gasteiger partial charge in [0.1, 0.15) is 0 Å². The van der Waals surface area contributed by atoms with Gasteiger partial charge in [0.05, 0.1) is 6.61 Å². The third-order valence-corrected chi connectivity index (χ3v) is 0.984. The zero-order valence-corrected chi connectivity index (χ0v) is 4.31. The molecule has 2 heteroatoms. The lowest BCUT2D eigenvalue weighted by molar-refractivity contribution is 0.0545. The minimum atomic E-state index is 0.858. The normalized spacial score (nSPS) is 24.0. The Bertz CT molecular complexity index is 27.7. The molecular formula is C5H10NO. The van der Waals surface area contributed by atoms with E-state index in [0.29, 0.717) is 0 Å². The minimum Gasteiger partial charge on any atom is -0.302 e. The van der Waals surface area contributed by atoms with Crippen LogP contribution in [0.1, 0.15) is 12.8 Å². The number of hydrogen-bond donors (Lipinski definition) is 1. The third kappa shape index (κ3) is 1.90. The van der Waals surface area contributed by atoms with Gasteiger partial charge in [0.25, 0.3) is 0 Å². The van der Waals surface area contributed by atoms with Gasteiger partial charge < -0.3 is 4.84 Å². The van der Waals surface area contributed by atoms with Crippen LogP contribution in [0.25, 0.3) is 0 Å². The lowest BCUT2D eigenvalue weighted by Crippen LogP contribution is -2.12. The monoisotopic (exact) mass is 100 g/mol. The van der Waals surface area contributed by atoms with Crippen LogP contribution >= 0.6 is 0 Å². The predicted molar refractivity (Wildman–Crippen MR) is 27.5 cm³/mol. The molecule has 41 valence electrons. The van der Waals surface area contributed by atoms with Crippen molar-refractivity contribution in [1.82, 2.24) is 5.48 Å². The molecule has 0 saturated carbocycles. The van der Waals surface area contributed by atoms with Crippen LogP contribution in [0.15, 0.2) is 0 Å². The molecule has 0 aliphatic carbocycles. The van der Waals surface area contributed by atoms with Gasteiger partial charge in [-0.25, -0.2) is 5.48 Å². The second-order valence-electron chi connectivity index (χ2n) is 1.63. The van der Waals surface area contributed by atoms with E-state index in [1.807, 2.05) is 0 Å². The Hall–Kier alpha value is -0.0800. The van der Waals surface area contributed by atoms with Crippen LogP contribution in [0.3, 0.4) is 0 Å². The van der Waals surface area contributed by atoms with Crippen molar-refractivity contribution in [2.24, 2.45) is 0 Å². The summed E-state index contributed by atoms with van der Waals surface area (Å²) in [7, 11) is 0. The first-order valence-electron chi connectivity index (χ1n) is 2.66. The van der Waals surface area contributed by atoms with Gasteiger partial charge in [-0.2, -0.15) is 0 Å². The van der Waals surface area contributed by atoms with Crippen molar-refractivity contribution in [2.75, 3.05) is 13.2 Å². The maximum absolute atomic E-state index is 4.91. The standard InChI is InChI=1S/C5H10NO/c1-2-4-6-7-5-3-1/h2,6H,1,3-5H2. The van der Waals surface area contributed by atoms with Crippen LogP contribution in [-0.4, -0.2) is 13.2 Å². The molecule has 1 heterocycles. The average molecular weight is 100 g/mol. The Labute approximate surface area is 43.8 Å². The zero-order chi connectivity index (χ0) is 4.95. The summed E-state index contributed by atoms with van der Waals surface area (Å²) in [5.41, 5.74) is 2.79. The van der Waals surface area contributed by atoms with Crippen molar-refractivity contribution >= 4 is 0 Å². The lowest BCUT2D eigenvalue weighted by Gasteiger charge is -1.94. The Balaban J connectivity index is 2.04. The van der Waals surface area contributed by atoms with Gasteiger partial charge in [-0.3, -0.25) is 0 Å². The first-order valence-corrected chi connectivity index (χ1v) is 2.66. The van der Waals surface area contributed by atoms with E-state index in [2.05, 4.69) is 11.9 Å². The third-order valence-electron chi connectivity index (χ3n) is 0.984. The van der Waals surface area contributed by atoms with E-state index in [4.69, 9.17) is 4.84 Å². The molecule has 0 aromatic carbocycles. The fourth-order valence-electron chi connectivity index (χ4n) is 0.592. The van der Waals surface area contributed by atoms with E-state index >= 15 is 0 Å². The topological polar surface area (TPSA) is 21.3 Å². The van der Waals surface area contributed by atoms with Crippen molar-refractivity contribution in [3.05, 3.63) is 6.42 Å². The molecule has 1 radical (unpaired) electrons. The van der Waals surface area contributed by atoms with Gasteiger partial charge in [-0.05, 0) is 19.3 Å². The Morgan fingerprint density at radius 3 is 3.57 bits per heavy atom. The van der Waals surface area contributed by atoms with Crippen LogP contribution in [0, 0.1) is 6.42 Å². The summed E-state index contributed by atoms with van der Waals surface area (Å²) in [4.78, 5) is 4.91. The zero-order valence-electron chi connectivity index (χ0n) is 4.31. The minimum absolute atomic E-state index is 0.858. The SMILES string of the molecule is [CH]1CCCONC1. The summed E-state index contributed by atoms with van der Waals surface area (Å²) in [6.07, 6.45) is 4.53. The summed E-state index contributed by atoms with van der Waals surface area (Å²) >= 11 is 0. The van der Waals surface area contributed by atoms with Gasteiger partial charge >= 0.3 is 0 Å². The number of rotatable bonds is 0. The highest BCUT2D eigenvalue weighted by molar-refractivity contribution is 4.66. The highest BCUT2D eigenvalue weighted by Crippen LogP contribution is 1.95. The van der Waals surface area contributed by atoms with Crippen molar-refractivity contribution < 1.29 is 4.84 Å². The Kier molecular flexibility index (Phi) is 2.17. The van der Waals surface area contributed by atoms with E-state index < -0.39 is 0 Å². The molecule has 7 heavy (non-hydrogen) atoms. The van der Waals surface area contributed by atoms with E-state index in [-0.39, 0.29) is 0 Å². The van der Waals surface area contributed by atoms with Gasteiger partial charge in [0.15, 0.2) is 0 Å². The summed E-state index contributed by atoms with van der Waals surface area (Å²) in [6, 6.07) is 0. The second-order valence-corrected chi connectivity index (χ2v) is 1.63. The molecular weight excluding hydrogens is 90.1 g/mol. The van der Waals surface area contributed by atoms with Crippen molar-refractivity contribution in [3.63, 3.8) is 0 Å². The van der Waals surface area contributed by atoms with Crippen molar-refractivity contribution in [1.29, 1.82) is 0 Å². The highest BCUT2D eigenvalue weighted by Gasteiger charge is 1.94. The quantitative estimate of drug-likeness (QED) is 0.478.